The van der Waals surface area contributed by atoms with Crippen molar-refractivity contribution >= 4 is 16.5 Å². The first-order valence-corrected chi connectivity index (χ1v) is 5.06. The maximum absolute atomic E-state index is 5.23. The molecule has 0 unspecified atom stereocenters. The quantitative estimate of drug-likeness (QED) is 0.753. The first-order valence-electron chi connectivity index (χ1n) is 4.24. The van der Waals surface area contributed by atoms with Crippen LogP contribution in [0.1, 0.15) is 5.01 Å². The molecule has 0 bridgehead atoms. The molecule has 0 atom stereocenters. The predicted molar refractivity (Wildman–Crippen MR) is 50.7 cm³/mol. The summed E-state index contributed by atoms with van der Waals surface area (Å²) in [7, 11) is 0. The fourth-order valence-corrected chi connectivity index (χ4v) is 1.77. The summed E-state index contributed by atoms with van der Waals surface area (Å²) in [6.45, 7) is 5.31. The summed E-state index contributed by atoms with van der Waals surface area (Å²) in [4.78, 5) is 0. The molecule has 0 aliphatic carbocycles. The van der Waals surface area contributed by atoms with Crippen molar-refractivity contribution in [1.82, 2.24) is 15.2 Å². The predicted octanol–water partition coefficient (Wildman–Crippen LogP) is 0.506. The first kappa shape index (κ1) is 8.86. The zero-order valence-corrected chi connectivity index (χ0v) is 8.30. The molecule has 1 aliphatic rings. The molecule has 1 N–H and O–H groups in total. The van der Waals surface area contributed by atoms with Crippen LogP contribution in [0.4, 0.5) is 5.13 Å². The summed E-state index contributed by atoms with van der Waals surface area (Å²) < 4.78 is 5.23. The van der Waals surface area contributed by atoms with E-state index >= 15 is 0 Å². The second-order valence-corrected chi connectivity index (χ2v) is 4.02. The van der Waals surface area contributed by atoms with E-state index in [0.29, 0.717) is 0 Å². The molecule has 72 valence electrons. The minimum atomic E-state index is 0.783. The summed E-state index contributed by atoms with van der Waals surface area (Å²) >= 11 is 1.57. The molecular weight excluding hydrogens is 188 g/mol. The topological polar surface area (TPSA) is 50.3 Å². The highest BCUT2D eigenvalue weighted by molar-refractivity contribution is 7.15. The number of ether oxygens (including phenoxy) is 1. The highest BCUT2D eigenvalue weighted by atomic mass is 32.1. The van der Waals surface area contributed by atoms with E-state index in [1.54, 1.807) is 11.3 Å². The highest BCUT2D eigenvalue weighted by Gasteiger charge is 2.11. The number of nitrogens with zero attached hydrogens (tertiary/aromatic N) is 3. The lowest BCUT2D eigenvalue weighted by atomic mass is 10.5. The monoisotopic (exact) mass is 200 g/mol. The standard InChI is InChI=1S/C7H12N4OS/c1-6-8-9-7(13-6)10-11-2-4-12-5-3-11/h2-5H2,1H3,(H,9,10). The third-order valence-corrected chi connectivity index (χ3v) is 2.53. The van der Waals surface area contributed by atoms with Crippen LogP contribution in [0, 0.1) is 6.92 Å². The van der Waals surface area contributed by atoms with E-state index in [4.69, 9.17) is 4.74 Å². The van der Waals surface area contributed by atoms with Crippen molar-refractivity contribution in [2.24, 2.45) is 0 Å². The molecule has 13 heavy (non-hydrogen) atoms. The van der Waals surface area contributed by atoms with Gasteiger partial charge in [-0.05, 0) is 6.92 Å². The van der Waals surface area contributed by atoms with Gasteiger partial charge in [0.05, 0.1) is 13.2 Å². The molecule has 0 radical (unpaired) electrons. The Morgan fingerprint density at radius 3 is 2.77 bits per heavy atom. The zero-order chi connectivity index (χ0) is 9.10. The molecule has 0 saturated carbocycles. The minimum Gasteiger partial charge on any atom is -0.379 e. The molecule has 5 nitrogen and oxygen atoms in total. The highest BCUT2D eigenvalue weighted by Crippen LogP contribution is 2.14. The second kappa shape index (κ2) is 3.99. The van der Waals surface area contributed by atoms with E-state index in [1.165, 1.54) is 0 Å². The Balaban J connectivity index is 1.89. The second-order valence-electron chi connectivity index (χ2n) is 2.84. The van der Waals surface area contributed by atoms with Crippen LogP contribution in [0.15, 0.2) is 0 Å². The van der Waals surface area contributed by atoms with Gasteiger partial charge in [-0.2, -0.15) is 0 Å². The van der Waals surface area contributed by atoms with Gasteiger partial charge in [-0.25, -0.2) is 5.01 Å². The smallest absolute Gasteiger partial charge is 0.220 e. The summed E-state index contributed by atoms with van der Waals surface area (Å²) in [5, 5.41) is 11.9. The molecular formula is C7H12N4OS. The first-order chi connectivity index (χ1) is 6.34. The fourth-order valence-electron chi connectivity index (χ4n) is 1.15. The normalized spacial score (nSPS) is 18.8. The number of hydrazine groups is 1. The number of aryl methyl sites for hydroxylation is 1. The van der Waals surface area contributed by atoms with Crippen LogP contribution >= 0.6 is 11.3 Å². The van der Waals surface area contributed by atoms with E-state index in [1.807, 2.05) is 6.92 Å². The van der Waals surface area contributed by atoms with Crippen LogP contribution < -0.4 is 5.43 Å². The van der Waals surface area contributed by atoms with Crippen LogP contribution in [0.5, 0.6) is 0 Å². The van der Waals surface area contributed by atoms with Gasteiger partial charge < -0.3 is 4.74 Å². The van der Waals surface area contributed by atoms with Crippen molar-refractivity contribution in [3.05, 3.63) is 5.01 Å². The Labute approximate surface area is 80.7 Å². The van der Waals surface area contributed by atoms with Crippen LogP contribution in [0.25, 0.3) is 0 Å². The molecule has 1 saturated heterocycles. The average Bonchev–Trinajstić information content (AvgIpc) is 2.53. The molecule has 0 aromatic carbocycles. The van der Waals surface area contributed by atoms with Gasteiger partial charge in [0.25, 0.3) is 0 Å². The summed E-state index contributed by atoms with van der Waals surface area (Å²) in [6.07, 6.45) is 0. The SMILES string of the molecule is Cc1nnc(NN2CCOCC2)s1. The molecule has 2 heterocycles. The van der Waals surface area contributed by atoms with Gasteiger partial charge in [0, 0.05) is 13.1 Å². The Bertz CT molecular complexity index is 271. The third kappa shape index (κ3) is 2.36. The number of hydrogen-bond acceptors (Lipinski definition) is 6. The van der Waals surface area contributed by atoms with Crippen molar-refractivity contribution in [2.75, 3.05) is 31.7 Å². The summed E-state index contributed by atoms with van der Waals surface area (Å²) in [6, 6.07) is 0. The van der Waals surface area contributed by atoms with Gasteiger partial charge in [0.2, 0.25) is 5.13 Å². The molecule has 1 fully saturated rings. The fraction of sp³-hybridized carbons (Fsp3) is 0.714. The van der Waals surface area contributed by atoms with Crippen LogP contribution in [-0.4, -0.2) is 41.5 Å². The lowest BCUT2D eigenvalue weighted by Crippen LogP contribution is -2.40. The van der Waals surface area contributed by atoms with Crippen LogP contribution in [0.2, 0.25) is 0 Å². The van der Waals surface area contributed by atoms with Gasteiger partial charge >= 0.3 is 0 Å². The number of hydrogen-bond donors (Lipinski definition) is 1. The average molecular weight is 200 g/mol. The number of anilines is 1. The Morgan fingerprint density at radius 1 is 1.38 bits per heavy atom. The van der Waals surface area contributed by atoms with E-state index in [9.17, 15) is 0 Å². The van der Waals surface area contributed by atoms with Crippen molar-refractivity contribution in [3.8, 4) is 0 Å². The summed E-state index contributed by atoms with van der Waals surface area (Å²) in [5.41, 5.74) is 3.20. The molecule has 0 amide bonds. The van der Waals surface area contributed by atoms with E-state index in [0.717, 1.165) is 36.4 Å². The van der Waals surface area contributed by atoms with Gasteiger partial charge in [-0.3, -0.25) is 5.43 Å². The van der Waals surface area contributed by atoms with E-state index < -0.39 is 0 Å². The van der Waals surface area contributed by atoms with Crippen molar-refractivity contribution in [2.45, 2.75) is 6.92 Å². The van der Waals surface area contributed by atoms with Crippen molar-refractivity contribution in [3.63, 3.8) is 0 Å². The molecule has 0 spiro atoms. The zero-order valence-electron chi connectivity index (χ0n) is 7.49. The maximum atomic E-state index is 5.23. The lowest BCUT2D eigenvalue weighted by molar-refractivity contribution is 0.0496. The Hall–Kier alpha value is -0.720. The summed E-state index contributed by atoms with van der Waals surface area (Å²) in [5.74, 6) is 0. The van der Waals surface area contributed by atoms with Crippen molar-refractivity contribution < 1.29 is 4.74 Å². The van der Waals surface area contributed by atoms with Gasteiger partial charge in [-0.15, -0.1) is 10.2 Å². The number of aromatic nitrogens is 2. The van der Waals surface area contributed by atoms with Gasteiger partial charge in [0.15, 0.2) is 0 Å². The van der Waals surface area contributed by atoms with E-state index in [2.05, 4.69) is 20.6 Å². The van der Waals surface area contributed by atoms with Crippen LogP contribution in [-0.2, 0) is 4.74 Å². The third-order valence-electron chi connectivity index (χ3n) is 1.79. The molecule has 6 heteroatoms. The number of rotatable bonds is 2. The van der Waals surface area contributed by atoms with Gasteiger partial charge in [-0.1, -0.05) is 11.3 Å². The molecule has 1 aromatic heterocycles. The van der Waals surface area contributed by atoms with Crippen LogP contribution in [0.3, 0.4) is 0 Å². The Kier molecular flexibility index (Phi) is 2.72. The molecule has 1 aliphatic heterocycles. The molecule has 1 aromatic rings. The Morgan fingerprint density at radius 2 is 2.15 bits per heavy atom. The number of nitrogens with one attached hydrogen (secondary N) is 1. The van der Waals surface area contributed by atoms with Crippen molar-refractivity contribution in [1.29, 1.82) is 0 Å². The van der Waals surface area contributed by atoms with Gasteiger partial charge in [0.1, 0.15) is 5.01 Å². The number of morpholine rings is 1. The lowest BCUT2D eigenvalue weighted by Gasteiger charge is -2.26. The van der Waals surface area contributed by atoms with E-state index in [-0.39, 0.29) is 0 Å². The largest absolute Gasteiger partial charge is 0.379 e. The maximum Gasteiger partial charge on any atom is 0.220 e. The molecule has 2 rings (SSSR count). The minimum absolute atomic E-state index is 0.783.